The SMILES string of the molecule is CC(C)(C)OC(=O)N1[C@H](C#Cc2ccc(Br)c([C@H](Cc3cc(F)cc(F)c3)NC(=O)CNC3=C(C(=N)C(F)(F)F)[C@H]4CC[C@H]4C3(F)F)n2)COC1(C)C. The summed E-state index contributed by atoms with van der Waals surface area (Å²) in [6, 6.07) is 3.87. The minimum atomic E-state index is -5.18. The molecule has 2 aliphatic carbocycles. The van der Waals surface area contributed by atoms with Crippen LogP contribution in [0.5, 0.6) is 0 Å². The Kier molecular flexibility index (Phi) is 11.0. The number of carbonyl (C=O) groups is 2. The van der Waals surface area contributed by atoms with E-state index in [-0.39, 0.29) is 42.8 Å². The monoisotopic (exact) mass is 815 g/mol. The van der Waals surface area contributed by atoms with Crippen LogP contribution in [0.15, 0.2) is 46.1 Å². The van der Waals surface area contributed by atoms with Gasteiger partial charge in [0, 0.05) is 22.0 Å². The van der Waals surface area contributed by atoms with Crippen molar-refractivity contribution >= 4 is 33.6 Å². The average Bonchev–Trinajstić information content (AvgIpc) is 3.37. The fraction of sp³-hybridized carbons (Fsp3) is 0.500. The van der Waals surface area contributed by atoms with E-state index in [1.54, 1.807) is 40.7 Å². The molecule has 2 fully saturated rings. The number of ether oxygens (including phenoxy) is 2. The molecule has 1 aromatic heterocycles. The number of hydrogen-bond donors (Lipinski definition) is 3. The van der Waals surface area contributed by atoms with Crippen LogP contribution in [-0.2, 0) is 20.7 Å². The molecule has 17 heteroatoms. The van der Waals surface area contributed by atoms with Crippen LogP contribution in [0.2, 0.25) is 0 Å². The molecule has 1 saturated carbocycles. The number of nitrogens with one attached hydrogen (secondary N) is 3. The Morgan fingerprint density at radius 2 is 1.79 bits per heavy atom. The van der Waals surface area contributed by atoms with Gasteiger partial charge >= 0.3 is 12.3 Å². The molecule has 286 valence electrons. The van der Waals surface area contributed by atoms with E-state index in [4.69, 9.17) is 14.9 Å². The lowest BCUT2D eigenvalue weighted by molar-refractivity contribution is -0.121. The second-order valence-electron chi connectivity index (χ2n) is 14.5. The van der Waals surface area contributed by atoms with Gasteiger partial charge in [-0.25, -0.2) is 18.6 Å². The van der Waals surface area contributed by atoms with Crippen LogP contribution in [0, 0.1) is 40.7 Å². The van der Waals surface area contributed by atoms with Crippen LogP contribution in [0.4, 0.5) is 35.5 Å². The summed E-state index contributed by atoms with van der Waals surface area (Å²) in [7, 11) is 0. The Labute approximate surface area is 309 Å². The van der Waals surface area contributed by atoms with Crippen molar-refractivity contribution in [3.63, 3.8) is 0 Å². The molecule has 3 aliphatic rings. The van der Waals surface area contributed by atoms with Gasteiger partial charge in [0.2, 0.25) is 5.91 Å². The van der Waals surface area contributed by atoms with Gasteiger partial charge in [0.15, 0.2) is 0 Å². The molecule has 5 rings (SSSR count). The normalized spacial score (nSPS) is 22.3. The van der Waals surface area contributed by atoms with Gasteiger partial charge in [-0.05, 0) is 111 Å². The first kappa shape index (κ1) is 40.0. The maximum absolute atomic E-state index is 15.3. The number of hydrogen-bond acceptors (Lipinski definition) is 7. The molecule has 0 radical (unpaired) electrons. The molecule has 0 spiro atoms. The molecule has 53 heavy (non-hydrogen) atoms. The molecule has 1 aromatic carbocycles. The summed E-state index contributed by atoms with van der Waals surface area (Å²) < 4.78 is 111. The average molecular weight is 817 g/mol. The van der Waals surface area contributed by atoms with Gasteiger partial charge in [-0.1, -0.05) is 5.92 Å². The smallest absolute Gasteiger partial charge is 0.433 e. The van der Waals surface area contributed by atoms with Crippen LogP contribution in [-0.4, -0.2) is 70.2 Å². The maximum atomic E-state index is 15.3. The maximum Gasteiger partial charge on any atom is 0.433 e. The van der Waals surface area contributed by atoms with Crippen LogP contribution in [0.1, 0.15) is 70.5 Å². The molecular weight excluding hydrogens is 779 g/mol. The van der Waals surface area contributed by atoms with Crippen LogP contribution < -0.4 is 10.6 Å². The van der Waals surface area contributed by atoms with Crippen molar-refractivity contribution in [2.24, 2.45) is 11.8 Å². The lowest BCUT2D eigenvalue weighted by Crippen LogP contribution is -2.49. The molecule has 2 amide bonds. The second kappa shape index (κ2) is 14.6. The molecule has 2 aromatic rings. The lowest BCUT2D eigenvalue weighted by atomic mass is 9.71. The van der Waals surface area contributed by atoms with E-state index < -0.39 is 94.5 Å². The second-order valence-corrected chi connectivity index (χ2v) is 15.3. The first-order valence-corrected chi connectivity index (χ1v) is 17.4. The first-order valence-electron chi connectivity index (χ1n) is 16.6. The van der Waals surface area contributed by atoms with E-state index in [1.807, 2.05) is 0 Å². The first-order chi connectivity index (χ1) is 24.5. The fourth-order valence-electron chi connectivity index (χ4n) is 6.60. The van der Waals surface area contributed by atoms with Crippen molar-refractivity contribution in [3.05, 3.63) is 74.7 Å². The summed E-state index contributed by atoms with van der Waals surface area (Å²) in [6.45, 7) is 7.66. The van der Waals surface area contributed by atoms with E-state index in [2.05, 4.69) is 43.4 Å². The number of rotatable bonds is 8. The molecule has 4 atom stereocenters. The molecule has 0 unspecified atom stereocenters. The number of allylic oxidation sites excluding steroid dienone is 2. The van der Waals surface area contributed by atoms with Gasteiger partial charge in [0.25, 0.3) is 5.92 Å². The van der Waals surface area contributed by atoms with Crippen molar-refractivity contribution in [1.29, 1.82) is 5.41 Å². The van der Waals surface area contributed by atoms with Gasteiger partial charge in [0.1, 0.15) is 40.4 Å². The number of halogens is 8. The highest BCUT2D eigenvalue weighted by Crippen LogP contribution is 2.58. The van der Waals surface area contributed by atoms with Gasteiger partial charge in [-0.15, -0.1) is 0 Å². The summed E-state index contributed by atoms with van der Waals surface area (Å²) in [6.07, 6.45) is -6.09. The van der Waals surface area contributed by atoms with Crippen molar-refractivity contribution in [3.8, 4) is 11.8 Å². The molecule has 2 heterocycles. The van der Waals surface area contributed by atoms with Crippen LogP contribution >= 0.6 is 15.9 Å². The summed E-state index contributed by atoms with van der Waals surface area (Å²) >= 11 is 3.37. The van der Waals surface area contributed by atoms with Crippen molar-refractivity contribution in [2.75, 3.05) is 13.2 Å². The predicted molar refractivity (Wildman–Crippen MR) is 182 cm³/mol. The highest BCUT2D eigenvalue weighted by atomic mass is 79.9. The Balaban J connectivity index is 1.43. The number of amides is 2. The third kappa shape index (κ3) is 8.80. The van der Waals surface area contributed by atoms with E-state index in [0.29, 0.717) is 10.5 Å². The number of benzene rings is 1. The van der Waals surface area contributed by atoms with Crippen LogP contribution in [0.25, 0.3) is 0 Å². The third-order valence-electron chi connectivity index (χ3n) is 9.04. The standard InChI is InChI=1S/C36H37BrF7N5O4/c1-33(2,3)53-32(51)49-22(17-52-34(49,4)5)8-6-21-7-11-25(37)29(47-21)26(14-18-12-19(38)15-20(39)13-18)48-27(50)16-46-31-28(30(45)36(42,43)44)23-9-10-24(23)35(31,40)41/h7,11-13,15,22-24,26,45-46H,9-10,14,16-17H2,1-5H3,(H,48,50)/t22-,23+,24-,26+/m1/s1. The predicted octanol–water partition coefficient (Wildman–Crippen LogP) is 7.35. The summed E-state index contributed by atoms with van der Waals surface area (Å²) in [5, 5.41) is 12.4. The molecule has 3 N–H and O–H groups in total. The van der Waals surface area contributed by atoms with Gasteiger partial charge in [0.05, 0.1) is 30.6 Å². The Bertz CT molecular complexity index is 1880. The van der Waals surface area contributed by atoms with Crippen molar-refractivity contribution < 1.29 is 49.8 Å². The summed E-state index contributed by atoms with van der Waals surface area (Å²) in [4.78, 5) is 32.3. The highest BCUT2D eigenvalue weighted by Gasteiger charge is 2.62. The summed E-state index contributed by atoms with van der Waals surface area (Å²) in [5.74, 6) is -3.26. The zero-order chi connectivity index (χ0) is 39.3. The molecule has 1 saturated heterocycles. The molecule has 1 aliphatic heterocycles. The zero-order valence-electron chi connectivity index (χ0n) is 29.3. The number of fused-ring (bicyclic) bond motifs is 1. The van der Waals surface area contributed by atoms with E-state index in [0.717, 1.165) is 12.1 Å². The third-order valence-corrected chi connectivity index (χ3v) is 9.71. The number of aromatic nitrogens is 1. The lowest BCUT2D eigenvalue weighted by Gasteiger charge is -2.35. The van der Waals surface area contributed by atoms with E-state index >= 15 is 8.78 Å². The van der Waals surface area contributed by atoms with Gasteiger partial charge in [-0.2, -0.15) is 22.0 Å². The number of alkyl halides is 5. The van der Waals surface area contributed by atoms with Gasteiger partial charge < -0.3 is 20.1 Å². The number of pyridine rings is 1. The Morgan fingerprint density at radius 3 is 2.38 bits per heavy atom. The Hall–Kier alpha value is -4.17. The Morgan fingerprint density at radius 1 is 1.13 bits per heavy atom. The molecular formula is C36H37BrF7N5O4. The van der Waals surface area contributed by atoms with Gasteiger partial charge in [-0.3, -0.25) is 15.1 Å². The summed E-state index contributed by atoms with van der Waals surface area (Å²) in [5.41, 5.74) is -5.37. The largest absolute Gasteiger partial charge is 0.444 e. The minimum absolute atomic E-state index is 0.0422. The van der Waals surface area contributed by atoms with E-state index in [1.165, 1.54) is 11.0 Å². The van der Waals surface area contributed by atoms with Crippen LogP contribution in [0.3, 0.4) is 0 Å². The zero-order valence-corrected chi connectivity index (χ0v) is 30.9. The molecule has 0 bridgehead atoms. The highest BCUT2D eigenvalue weighted by molar-refractivity contribution is 9.10. The van der Waals surface area contributed by atoms with E-state index in [9.17, 15) is 31.5 Å². The quantitative estimate of drug-likeness (QED) is 0.146. The molecule has 9 nitrogen and oxygen atoms in total. The van der Waals surface area contributed by atoms with Crippen molar-refractivity contribution in [2.45, 2.75) is 89.4 Å². The fourth-order valence-corrected chi connectivity index (χ4v) is 7.09. The van der Waals surface area contributed by atoms with Crippen molar-refractivity contribution in [1.82, 2.24) is 20.5 Å². The number of carbonyl (C=O) groups excluding carboxylic acids is 2. The number of nitrogens with zero attached hydrogens (tertiary/aromatic N) is 2. The topological polar surface area (TPSA) is 117 Å². The minimum Gasteiger partial charge on any atom is -0.444 e.